The number of hydrogen-bond donors (Lipinski definition) is 1. The highest BCUT2D eigenvalue weighted by Gasteiger charge is 2.21. The third kappa shape index (κ3) is 4.12. The molecule has 4 heteroatoms. The molecule has 0 aliphatic heterocycles. The van der Waals surface area contributed by atoms with Gasteiger partial charge in [-0.3, -0.25) is 4.79 Å². The Labute approximate surface area is 124 Å². The van der Waals surface area contributed by atoms with E-state index in [1.54, 1.807) is 12.1 Å². The molecule has 1 fully saturated rings. The third-order valence-electron chi connectivity index (χ3n) is 3.71. The second-order valence-corrected chi connectivity index (χ2v) is 6.35. The Balaban J connectivity index is 1.92. The molecule has 1 aromatic rings. The Morgan fingerprint density at radius 3 is 2.95 bits per heavy atom. The van der Waals surface area contributed by atoms with E-state index in [1.807, 2.05) is 13.0 Å². The van der Waals surface area contributed by atoms with Crippen molar-refractivity contribution in [2.24, 2.45) is 5.92 Å². The summed E-state index contributed by atoms with van der Waals surface area (Å²) >= 11 is 12.1. The molecule has 1 aliphatic carbocycles. The molecular formula is C15H19Cl2NO. The van der Waals surface area contributed by atoms with E-state index >= 15 is 0 Å². The van der Waals surface area contributed by atoms with Gasteiger partial charge in [-0.05, 0) is 49.8 Å². The standard InChI is InChI=1S/C15H19Cl2NO/c1-10-5-6-13(17)8-14(10)15(19)18-9-11-3-2-4-12(16)7-11/h5-6,8,11-12H,2-4,7,9H2,1H3,(H,18,19). The quantitative estimate of drug-likeness (QED) is 0.834. The Kier molecular flexibility index (Phi) is 5.12. The van der Waals surface area contributed by atoms with Crippen LogP contribution in [0.3, 0.4) is 0 Å². The largest absolute Gasteiger partial charge is 0.352 e. The Hall–Kier alpha value is -0.730. The number of halogens is 2. The number of carbonyl (C=O) groups excluding carboxylic acids is 1. The van der Waals surface area contributed by atoms with Crippen LogP contribution in [0.1, 0.15) is 41.6 Å². The van der Waals surface area contributed by atoms with Crippen LogP contribution in [0.4, 0.5) is 0 Å². The molecule has 0 spiro atoms. The maximum absolute atomic E-state index is 12.1. The molecule has 104 valence electrons. The van der Waals surface area contributed by atoms with Gasteiger partial charge < -0.3 is 5.32 Å². The summed E-state index contributed by atoms with van der Waals surface area (Å²) in [6, 6.07) is 5.39. The lowest BCUT2D eigenvalue weighted by atomic mass is 9.89. The van der Waals surface area contributed by atoms with Crippen LogP contribution in [-0.2, 0) is 0 Å². The minimum Gasteiger partial charge on any atom is -0.352 e. The van der Waals surface area contributed by atoms with Crippen molar-refractivity contribution in [3.63, 3.8) is 0 Å². The normalized spacial score (nSPS) is 23.1. The van der Waals surface area contributed by atoms with E-state index in [0.717, 1.165) is 31.2 Å². The molecule has 1 aliphatic rings. The van der Waals surface area contributed by atoms with Crippen molar-refractivity contribution in [2.45, 2.75) is 38.0 Å². The Morgan fingerprint density at radius 2 is 2.21 bits per heavy atom. The number of hydrogen-bond acceptors (Lipinski definition) is 1. The van der Waals surface area contributed by atoms with Crippen molar-refractivity contribution < 1.29 is 4.79 Å². The Bertz CT molecular complexity index is 461. The zero-order valence-electron chi connectivity index (χ0n) is 11.1. The van der Waals surface area contributed by atoms with Gasteiger partial charge in [0, 0.05) is 22.5 Å². The second kappa shape index (κ2) is 6.62. The van der Waals surface area contributed by atoms with Gasteiger partial charge in [0.25, 0.3) is 5.91 Å². The van der Waals surface area contributed by atoms with Crippen LogP contribution in [0.2, 0.25) is 5.02 Å². The molecule has 2 atom stereocenters. The maximum Gasteiger partial charge on any atom is 0.251 e. The number of benzene rings is 1. The highest BCUT2D eigenvalue weighted by atomic mass is 35.5. The van der Waals surface area contributed by atoms with Crippen molar-refractivity contribution in [2.75, 3.05) is 6.54 Å². The van der Waals surface area contributed by atoms with Crippen molar-refractivity contribution >= 4 is 29.1 Å². The summed E-state index contributed by atoms with van der Waals surface area (Å²) in [5.74, 6) is 0.455. The summed E-state index contributed by atoms with van der Waals surface area (Å²) in [6.07, 6.45) is 4.40. The van der Waals surface area contributed by atoms with Gasteiger partial charge in [0.1, 0.15) is 0 Å². The first-order chi connectivity index (χ1) is 9.06. The lowest BCUT2D eigenvalue weighted by Gasteiger charge is -2.25. The summed E-state index contributed by atoms with van der Waals surface area (Å²) in [5, 5.41) is 3.86. The average Bonchev–Trinajstić information content (AvgIpc) is 2.39. The third-order valence-corrected chi connectivity index (χ3v) is 4.35. The van der Waals surface area contributed by atoms with Gasteiger partial charge in [0.2, 0.25) is 0 Å². The summed E-state index contributed by atoms with van der Waals surface area (Å²) in [6.45, 7) is 2.62. The van der Waals surface area contributed by atoms with Crippen molar-refractivity contribution in [1.82, 2.24) is 5.32 Å². The average molecular weight is 300 g/mol. The molecule has 0 radical (unpaired) electrons. The molecule has 19 heavy (non-hydrogen) atoms. The molecular weight excluding hydrogens is 281 g/mol. The van der Waals surface area contributed by atoms with Crippen LogP contribution in [0, 0.1) is 12.8 Å². The van der Waals surface area contributed by atoms with Crippen LogP contribution in [0.5, 0.6) is 0 Å². The number of carbonyl (C=O) groups is 1. The zero-order valence-corrected chi connectivity index (χ0v) is 12.6. The summed E-state index contributed by atoms with van der Waals surface area (Å²) in [7, 11) is 0. The highest BCUT2D eigenvalue weighted by Crippen LogP contribution is 2.27. The highest BCUT2D eigenvalue weighted by molar-refractivity contribution is 6.31. The summed E-state index contributed by atoms with van der Waals surface area (Å²) in [5.41, 5.74) is 1.60. The SMILES string of the molecule is Cc1ccc(Cl)cc1C(=O)NCC1CCCC(Cl)C1. The van der Waals surface area contributed by atoms with Crippen molar-refractivity contribution in [1.29, 1.82) is 0 Å². The molecule has 1 aromatic carbocycles. The molecule has 2 rings (SSSR count). The maximum atomic E-state index is 12.1. The molecule has 0 bridgehead atoms. The van der Waals surface area contributed by atoms with Gasteiger partial charge >= 0.3 is 0 Å². The van der Waals surface area contributed by atoms with E-state index in [-0.39, 0.29) is 11.3 Å². The smallest absolute Gasteiger partial charge is 0.251 e. The van der Waals surface area contributed by atoms with E-state index in [1.165, 1.54) is 0 Å². The van der Waals surface area contributed by atoms with Crippen LogP contribution >= 0.6 is 23.2 Å². The fraction of sp³-hybridized carbons (Fsp3) is 0.533. The zero-order chi connectivity index (χ0) is 13.8. The van der Waals surface area contributed by atoms with Crippen LogP contribution < -0.4 is 5.32 Å². The summed E-state index contributed by atoms with van der Waals surface area (Å²) < 4.78 is 0. The minimum absolute atomic E-state index is 0.0447. The topological polar surface area (TPSA) is 29.1 Å². The number of aryl methyl sites for hydroxylation is 1. The van der Waals surface area contributed by atoms with Crippen LogP contribution in [-0.4, -0.2) is 17.8 Å². The predicted molar refractivity (Wildman–Crippen MR) is 80.1 cm³/mol. The molecule has 1 amide bonds. The molecule has 2 nitrogen and oxygen atoms in total. The van der Waals surface area contributed by atoms with Gasteiger partial charge in [-0.2, -0.15) is 0 Å². The first-order valence-electron chi connectivity index (χ1n) is 6.74. The van der Waals surface area contributed by atoms with Gasteiger partial charge in [0.15, 0.2) is 0 Å². The first-order valence-corrected chi connectivity index (χ1v) is 7.56. The fourth-order valence-corrected chi connectivity index (χ4v) is 3.16. The van der Waals surface area contributed by atoms with Crippen LogP contribution in [0.25, 0.3) is 0 Å². The molecule has 0 aromatic heterocycles. The predicted octanol–water partition coefficient (Wildman–Crippen LogP) is 4.18. The number of alkyl halides is 1. The number of rotatable bonds is 3. The van der Waals surface area contributed by atoms with E-state index < -0.39 is 0 Å². The van der Waals surface area contributed by atoms with Gasteiger partial charge in [-0.25, -0.2) is 0 Å². The molecule has 0 heterocycles. The minimum atomic E-state index is -0.0447. The van der Waals surface area contributed by atoms with E-state index in [9.17, 15) is 4.79 Å². The number of nitrogens with one attached hydrogen (secondary N) is 1. The van der Waals surface area contributed by atoms with Crippen molar-refractivity contribution in [3.05, 3.63) is 34.3 Å². The van der Waals surface area contributed by atoms with E-state index in [0.29, 0.717) is 23.0 Å². The van der Waals surface area contributed by atoms with Crippen molar-refractivity contribution in [3.8, 4) is 0 Å². The lowest BCUT2D eigenvalue weighted by Crippen LogP contribution is -2.32. The lowest BCUT2D eigenvalue weighted by molar-refractivity contribution is 0.0943. The summed E-state index contributed by atoms with van der Waals surface area (Å²) in [4.78, 5) is 12.1. The van der Waals surface area contributed by atoms with Gasteiger partial charge in [-0.15, -0.1) is 11.6 Å². The Morgan fingerprint density at radius 1 is 1.42 bits per heavy atom. The fourth-order valence-electron chi connectivity index (χ4n) is 2.58. The molecule has 0 saturated heterocycles. The number of amides is 1. The van der Waals surface area contributed by atoms with Gasteiger partial charge in [-0.1, -0.05) is 24.1 Å². The van der Waals surface area contributed by atoms with Crippen LogP contribution in [0.15, 0.2) is 18.2 Å². The van der Waals surface area contributed by atoms with Gasteiger partial charge in [0.05, 0.1) is 0 Å². The molecule has 1 N–H and O–H groups in total. The van der Waals surface area contributed by atoms with E-state index in [4.69, 9.17) is 23.2 Å². The molecule has 2 unspecified atom stereocenters. The van der Waals surface area contributed by atoms with E-state index in [2.05, 4.69) is 5.32 Å². The monoisotopic (exact) mass is 299 g/mol. The second-order valence-electron chi connectivity index (χ2n) is 5.30. The first kappa shape index (κ1) is 14.7. The molecule has 1 saturated carbocycles.